The van der Waals surface area contributed by atoms with E-state index in [0.29, 0.717) is 6.42 Å². The maximum absolute atomic E-state index is 11.4. The van der Waals surface area contributed by atoms with Gasteiger partial charge >= 0.3 is 5.97 Å². The summed E-state index contributed by atoms with van der Waals surface area (Å²) in [5.74, 6) is -0.144. The zero-order valence-corrected chi connectivity index (χ0v) is 16.2. The molecule has 1 fully saturated rings. The fourth-order valence-corrected chi connectivity index (χ4v) is 4.71. The lowest BCUT2D eigenvalue weighted by Crippen LogP contribution is -2.06. The van der Waals surface area contributed by atoms with E-state index < -0.39 is 5.97 Å². The Kier molecular flexibility index (Phi) is 4.27. The first kappa shape index (κ1) is 17.2. The van der Waals surface area contributed by atoms with E-state index in [2.05, 4.69) is 45.6 Å². The second-order valence-electron chi connectivity index (χ2n) is 6.79. The Bertz CT molecular complexity index is 980. The van der Waals surface area contributed by atoms with Gasteiger partial charge in [-0.3, -0.25) is 4.79 Å². The van der Waals surface area contributed by atoms with Gasteiger partial charge in [-0.1, -0.05) is 46.3 Å². The van der Waals surface area contributed by atoms with Crippen LogP contribution in [0, 0.1) is 12.8 Å². The highest BCUT2D eigenvalue weighted by atomic mass is 79.9. The van der Waals surface area contributed by atoms with Gasteiger partial charge in [0.25, 0.3) is 0 Å². The molecule has 0 aliphatic heterocycles. The lowest BCUT2D eigenvalue weighted by Gasteiger charge is -2.17. The number of aromatic nitrogens is 1. The number of hydrogen-bond donors (Lipinski definition) is 1. The minimum Gasteiger partial charge on any atom is -0.497 e. The fourth-order valence-electron chi connectivity index (χ4n) is 3.88. The van der Waals surface area contributed by atoms with Crippen molar-refractivity contribution >= 4 is 32.8 Å². The van der Waals surface area contributed by atoms with Gasteiger partial charge in [0.05, 0.1) is 18.5 Å². The number of fused-ring (bicyclic) bond motifs is 1. The van der Waals surface area contributed by atoms with Crippen LogP contribution in [-0.4, -0.2) is 22.8 Å². The molecule has 1 aliphatic rings. The largest absolute Gasteiger partial charge is 0.497 e. The third-order valence-electron chi connectivity index (χ3n) is 5.28. The molecule has 5 heteroatoms. The predicted octanol–water partition coefficient (Wildman–Crippen LogP) is 5.09. The molecule has 1 heterocycles. The monoisotopic (exact) mass is 413 g/mol. The number of carboxylic acids is 1. The molecule has 0 bridgehead atoms. The average Bonchev–Trinajstić information content (AvgIpc) is 3.39. The molecule has 0 saturated heterocycles. The number of alkyl halides is 1. The van der Waals surface area contributed by atoms with Crippen molar-refractivity contribution in [2.24, 2.45) is 5.92 Å². The Labute approximate surface area is 160 Å². The zero-order valence-electron chi connectivity index (χ0n) is 14.6. The van der Waals surface area contributed by atoms with E-state index in [4.69, 9.17) is 4.74 Å². The second kappa shape index (κ2) is 6.47. The van der Waals surface area contributed by atoms with Gasteiger partial charge in [0.1, 0.15) is 10.7 Å². The van der Waals surface area contributed by atoms with Gasteiger partial charge in [0.2, 0.25) is 0 Å². The van der Waals surface area contributed by atoms with E-state index in [1.165, 1.54) is 0 Å². The van der Waals surface area contributed by atoms with Gasteiger partial charge in [-0.05, 0) is 42.7 Å². The molecular weight excluding hydrogens is 394 g/mol. The molecule has 0 amide bonds. The fraction of sp³-hybridized carbons (Fsp3) is 0.286. The van der Waals surface area contributed by atoms with Gasteiger partial charge in [-0.2, -0.15) is 0 Å². The highest BCUT2D eigenvalue weighted by Gasteiger charge is 2.46. The molecule has 3 unspecified atom stereocenters. The number of benzene rings is 2. The van der Waals surface area contributed by atoms with Crippen LogP contribution in [0.15, 0.2) is 48.5 Å². The summed E-state index contributed by atoms with van der Waals surface area (Å²) < 4.78 is 7.66. The Morgan fingerprint density at radius 3 is 2.62 bits per heavy atom. The maximum Gasteiger partial charge on any atom is 0.307 e. The van der Waals surface area contributed by atoms with Crippen molar-refractivity contribution in [2.75, 3.05) is 7.11 Å². The summed E-state index contributed by atoms with van der Waals surface area (Å²) in [7, 11) is 1.65. The first-order chi connectivity index (χ1) is 12.5. The predicted molar refractivity (Wildman–Crippen MR) is 105 cm³/mol. The smallest absolute Gasteiger partial charge is 0.307 e. The number of aliphatic carboxylic acids is 1. The van der Waals surface area contributed by atoms with Crippen LogP contribution in [-0.2, 0) is 4.79 Å². The van der Waals surface area contributed by atoms with E-state index in [9.17, 15) is 9.90 Å². The van der Waals surface area contributed by atoms with Crippen LogP contribution in [0.5, 0.6) is 5.75 Å². The summed E-state index contributed by atoms with van der Waals surface area (Å²) >= 11 is 3.84. The number of hydrogen-bond acceptors (Lipinski definition) is 2. The van der Waals surface area contributed by atoms with Gasteiger partial charge < -0.3 is 14.4 Å². The van der Waals surface area contributed by atoms with Gasteiger partial charge in [-0.25, -0.2) is 0 Å². The molecule has 1 aliphatic carbocycles. The first-order valence-corrected chi connectivity index (χ1v) is 9.54. The molecule has 3 aromatic rings. The second-order valence-corrected chi connectivity index (χ2v) is 7.65. The van der Waals surface area contributed by atoms with Crippen LogP contribution in [0.4, 0.5) is 0 Å². The lowest BCUT2D eigenvalue weighted by molar-refractivity contribution is -0.138. The summed E-state index contributed by atoms with van der Waals surface area (Å²) in [6.45, 7) is 2.08. The van der Waals surface area contributed by atoms with Crippen LogP contribution >= 0.6 is 15.9 Å². The standard InChI is InChI=1S/C21H20BrNO3/c1-12-19(15-11-16(15)21(24)25)17-10-14(26-2)8-9-18(17)23(12)20(22)13-6-4-3-5-7-13/h3-10,15-16,20H,11H2,1-2H3,(H,24,25). The van der Waals surface area contributed by atoms with E-state index in [1.807, 2.05) is 30.3 Å². The number of ether oxygens (including phenoxy) is 1. The molecule has 1 N–H and O–H groups in total. The highest BCUT2D eigenvalue weighted by molar-refractivity contribution is 9.09. The third-order valence-corrected chi connectivity index (χ3v) is 6.22. The van der Waals surface area contributed by atoms with E-state index in [0.717, 1.165) is 33.5 Å². The number of carbonyl (C=O) groups is 1. The van der Waals surface area contributed by atoms with Crippen molar-refractivity contribution in [1.29, 1.82) is 0 Å². The Morgan fingerprint density at radius 2 is 2.00 bits per heavy atom. The summed E-state index contributed by atoms with van der Waals surface area (Å²) in [5.41, 5.74) is 4.47. The normalized spacial score (nSPS) is 20.1. The minimum absolute atomic E-state index is 0.0182. The van der Waals surface area contributed by atoms with Gasteiger partial charge in [0.15, 0.2) is 0 Å². The number of rotatable bonds is 5. The van der Waals surface area contributed by atoms with Crippen LogP contribution in [0.25, 0.3) is 10.9 Å². The van der Waals surface area contributed by atoms with Crippen LogP contribution in [0.2, 0.25) is 0 Å². The SMILES string of the molecule is COc1ccc2c(c1)c(C1CC1C(=O)O)c(C)n2C(Br)c1ccccc1. The van der Waals surface area contributed by atoms with Gasteiger partial charge in [0, 0.05) is 17.0 Å². The molecule has 134 valence electrons. The van der Waals surface area contributed by atoms with Crippen LogP contribution in [0.3, 0.4) is 0 Å². The maximum atomic E-state index is 11.4. The number of nitrogens with zero attached hydrogens (tertiary/aromatic N) is 1. The molecule has 1 saturated carbocycles. The molecule has 0 radical (unpaired) electrons. The number of halogens is 1. The van der Waals surface area contributed by atoms with Crippen LogP contribution < -0.4 is 4.74 Å². The van der Waals surface area contributed by atoms with E-state index >= 15 is 0 Å². The van der Waals surface area contributed by atoms with Crippen molar-refractivity contribution < 1.29 is 14.6 Å². The van der Waals surface area contributed by atoms with Crippen molar-refractivity contribution in [2.45, 2.75) is 24.2 Å². The molecule has 1 aromatic heterocycles. The van der Waals surface area contributed by atoms with Crippen molar-refractivity contribution in [3.63, 3.8) is 0 Å². The Hall–Kier alpha value is -2.27. The molecule has 2 aromatic carbocycles. The summed E-state index contributed by atoms with van der Waals surface area (Å²) in [6.07, 6.45) is 0.699. The summed E-state index contributed by atoms with van der Waals surface area (Å²) in [5, 5.41) is 10.5. The quantitative estimate of drug-likeness (QED) is 0.592. The molecular formula is C21H20BrNO3. The first-order valence-electron chi connectivity index (χ1n) is 8.63. The zero-order chi connectivity index (χ0) is 18.4. The minimum atomic E-state index is -0.711. The molecule has 4 nitrogen and oxygen atoms in total. The highest BCUT2D eigenvalue weighted by Crippen LogP contribution is 2.52. The topological polar surface area (TPSA) is 51.5 Å². The van der Waals surface area contributed by atoms with Crippen molar-refractivity contribution in [1.82, 2.24) is 4.57 Å². The van der Waals surface area contributed by atoms with E-state index in [-0.39, 0.29) is 16.8 Å². The Morgan fingerprint density at radius 1 is 1.27 bits per heavy atom. The van der Waals surface area contributed by atoms with E-state index in [1.54, 1.807) is 7.11 Å². The Balaban J connectivity index is 1.91. The molecule has 26 heavy (non-hydrogen) atoms. The molecule has 0 spiro atoms. The summed E-state index contributed by atoms with van der Waals surface area (Å²) in [4.78, 5) is 11.4. The molecule has 3 atom stereocenters. The van der Waals surface area contributed by atoms with Gasteiger partial charge in [-0.15, -0.1) is 0 Å². The molecule has 4 rings (SSSR count). The lowest BCUT2D eigenvalue weighted by atomic mass is 10.0. The number of methoxy groups -OCH3 is 1. The van der Waals surface area contributed by atoms with Crippen molar-refractivity contribution in [3.8, 4) is 5.75 Å². The van der Waals surface area contributed by atoms with Crippen molar-refractivity contribution in [3.05, 3.63) is 65.4 Å². The van der Waals surface area contributed by atoms with Crippen LogP contribution in [0.1, 0.15) is 34.1 Å². The summed E-state index contributed by atoms with van der Waals surface area (Å²) in [6, 6.07) is 16.3. The third kappa shape index (κ3) is 2.71. The number of carboxylic acid groups (broad SMARTS) is 1. The average molecular weight is 414 g/mol.